The molecule has 0 amide bonds. The second kappa shape index (κ2) is 3.68. The van der Waals surface area contributed by atoms with E-state index < -0.39 is 0 Å². The highest BCUT2D eigenvalue weighted by atomic mass is 79.9. The maximum absolute atomic E-state index is 4.31. The van der Waals surface area contributed by atoms with E-state index >= 15 is 0 Å². The van der Waals surface area contributed by atoms with Crippen LogP contribution in [0.5, 0.6) is 0 Å². The largest absolute Gasteiger partial charge is 0.229 e. The molecule has 3 rings (SSSR count). The zero-order valence-electron chi connectivity index (χ0n) is 8.21. The van der Waals surface area contributed by atoms with Crippen LogP contribution >= 0.6 is 15.9 Å². The molecule has 0 unspecified atom stereocenters. The molecule has 78 valence electrons. The van der Waals surface area contributed by atoms with Crippen molar-refractivity contribution in [2.75, 3.05) is 0 Å². The fraction of sp³-hybridized carbons (Fsp3) is 0. The van der Waals surface area contributed by atoms with E-state index in [1.807, 2.05) is 36.5 Å². The van der Waals surface area contributed by atoms with E-state index in [0.29, 0.717) is 0 Å². The van der Waals surface area contributed by atoms with Crippen LogP contribution < -0.4 is 0 Å². The summed E-state index contributed by atoms with van der Waals surface area (Å²) in [5, 5.41) is 5.41. The summed E-state index contributed by atoms with van der Waals surface area (Å²) < 4.78 is 2.54. The molecule has 0 saturated carbocycles. The molecular formula is C11H7BrN4. The van der Waals surface area contributed by atoms with E-state index in [4.69, 9.17) is 0 Å². The van der Waals surface area contributed by atoms with Crippen molar-refractivity contribution in [1.29, 1.82) is 0 Å². The maximum atomic E-state index is 4.31. The summed E-state index contributed by atoms with van der Waals surface area (Å²) in [7, 11) is 0. The predicted octanol–water partition coefficient (Wildman–Crippen LogP) is 2.58. The third-order valence-electron chi connectivity index (χ3n) is 2.31. The van der Waals surface area contributed by atoms with Crippen molar-refractivity contribution < 1.29 is 0 Å². The van der Waals surface area contributed by atoms with Crippen LogP contribution in [0.15, 0.2) is 47.5 Å². The minimum Gasteiger partial charge on any atom is -0.229 e. The smallest absolute Gasteiger partial charge is 0.158 e. The third-order valence-corrected chi connectivity index (χ3v) is 2.75. The maximum Gasteiger partial charge on any atom is 0.158 e. The lowest BCUT2D eigenvalue weighted by Gasteiger charge is -2.01. The van der Waals surface area contributed by atoms with Gasteiger partial charge in [0.2, 0.25) is 0 Å². The van der Waals surface area contributed by atoms with Crippen LogP contribution in [-0.2, 0) is 0 Å². The summed E-state index contributed by atoms with van der Waals surface area (Å²) in [6, 6.07) is 9.84. The number of rotatable bonds is 1. The van der Waals surface area contributed by atoms with Gasteiger partial charge in [-0.3, -0.25) is 0 Å². The monoisotopic (exact) mass is 274 g/mol. The van der Waals surface area contributed by atoms with Crippen molar-refractivity contribution in [1.82, 2.24) is 19.7 Å². The van der Waals surface area contributed by atoms with Gasteiger partial charge in [0, 0.05) is 11.5 Å². The summed E-state index contributed by atoms with van der Waals surface area (Å²) in [6.07, 6.45) is 3.33. The number of halogens is 1. The van der Waals surface area contributed by atoms with Gasteiger partial charge in [-0.05, 0) is 22.0 Å². The SMILES string of the molecule is Brc1cc(-n2ncc3ccccc32)ncn1. The predicted molar refractivity (Wildman–Crippen MR) is 64.4 cm³/mol. The molecule has 0 N–H and O–H groups in total. The Labute approximate surface area is 100 Å². The van der Waals surface area contributed by atoms with Crippen molar-refractivity contribution in [3.63, 3.8) is 0 Å². The van der Waals surface area contributed by atoms with Crippen LogP contribution in [0.3, 0.4) is 0 Å². The minimum atomic E-state index is 0.747. The average molecular weight is 275 g/mol. The number of para-hydroxylation sites is 1. The number of aromatic nitrogens is 4. The number of hydrogen-bond acceptors (Lipinski definition) is 3. The Morgan fingerprint density at radius 1 is 1.12 bits per heavy atom. The van der Waals surface area contributed by atoms with E-state index in [1.54, 1.807) is 4.68 Å². The molecule has 0 spiro atoms. The van der Waals surface area contributed by atoms with Crippen LogP contribution in [0.1, 0.15) is 0 Å². The number of benzene rings is 1. The van der Waals surface area contributed by atoms with Crippen LogP contribution in [0.25, 0.3) is 16.7 Å². The van der Waals surface area contributed by atoms with Crippen molar-refractivity contribution in [2.45, 2.75) is 0 Å². The normalized spacial score (nSPS) is 10.8. The number of hydrogen-bond donors (Lipinski definition) is 0. The van der Waals surface area contributed by atoms with E-state index in [1.165, 1.54) is 6.33 Å². The second-order valence-corrected chi connectivity index (χ2v) is 4.13. The first-order chi connectivity index (χ1) is 7.84. The summed E-state index contributed by atoms with van der Waals surface area (Å²) in [6.45, 7) is 0. The molecule has 5 heteroatoms. The fourth-order valence-electron chi connectivity index (χ4n) is 1.59. The number of nitrogens with zero attached hydrogens (tertiary/aromatic N) is 4. The third kappa shape index (κ3) is 1.49. The molecule has 16 heavy (non-hydrogen) atoms. The number of fused-ring (bicyclic) bond motifs is 1. The fourth-order valence-corrected chi connectivity index (χ4v) is 1.89. The quantitative estimate of drug-likeness (QED) is 0.641. The minimum absolute atomic E-state index is 0.747. The topological polar surface area (TPSA) is 43.6 Å². The van der Waals surface area contributed by atoms with Crippen LogP contribution in [0.4, 0.5) is 0 Å². The molecule has 2 heterocycles. The first kappa shape index (κ1) is 9.47. The average Bonchev–Trinajstić information content (AvgIpc) is 2.72. The molecular weight excluding hydrogens is 268 g/mol. The van der Waals surface area contributed by atoms with Gasteiger partial charge in [0.05, 0.1) is 11.7 Å². The van der Waals surface area contributed by atoms with Gasteiger partial charge in [0.1, 0.15) is 10.9 Å². The molecule has 0 aliphatic carbocycles. The van der Waals surface area contributed by atoms with Gasteiger partial charge in [0.15, 0.2) is 5.82 Å². The zero-order valence-corrected chi connectivity index (χ0v) is 9.79. The summed E-state index contributed by atoms with van der Waals surface area (Å²) >= 11 is 3.32. The van der Waals surface area contributed by atoms with Crippen LogP contribution in [0.2, 0.25) is 0 Å². The van der Waals surface area contributed by atoms with E-state index in [2.05, 4.69) is 31.0 Å². The Balaban J connectivity index is 2.26. The Morgan fingerprint density at radius 2 is 2.00 bits per heavy atom. The molecule has 0 aliphatic heterocycles. The zero-order chi connectivity index (χ0) is 11.0. The highest BCUT2D eigenvalue weighted by molar-refractivity contribution is 9.10. The lowest BCUT2D eigenvalue weighted by molar-refractivity contribution is 0.862. The van der Waals surface area contributed by atoms with E-state index in [9.17, 15) is 0 Å². The van der Waals surface area contributed by atoms with Crippen molar-refractivity contribution >= 4 is 26.8 Å². The summed E-state index contributed by atoms with van der Waals surface area (Å²) in [5.74, 6) is 0.753. The molecule has 0 fully saturated rings. The Kier molecular flexibility index (Phi) is 2.18. The molecule has 1 aromatic carbocycles. The molecule has 3 aromatic rings. The molecule has 0 bridgehead atoms. The van der Waals surface area contributed by atoms with Crippen molar-refractivity contribution in [3.05, 3.63) is 47.5 Å². The molecule has 0 saturated heterocycles. The van der Waals surface area contributed by atoms with Crippen molar-refractivity contribution in [3.8, 4) is 5.82 Å². The lowest BCUT2D eigenvalue weighted by Crippen LogP contribution is -1.99. The highest BCUT2D eigenvalue weighted by Gasteiger charge is 2.05. The molecule has 0 aliphatic rings. The molecule has 4 nitrogen and oxygen atoms in total. The van der Waals surface area contributed by atoms with Crippen molar-refractivity contribution in [2.24, 2.45) is 0 Å². The van der Waals surface area contributed by atoms with Gasteiger partial charge in [0.25, 0.3) is 0 Å². The first-order valence-electron chi connectivity index (χ1n) is 4.75. The molecule has 0 atom stereocenters. The van der Waals surface area contributed by atoms with Gasteiger partial charge < -0.3 is 0 Å². The van der Waals surface area contributed by atoms with Gasteiger partial charge in [-0.15, -0.1) is 0 Å². The Bertz CT molecular complexity index is 647. The van der Waals surface area contributed by atoms with E-state index in [0.717, 1.165) is 21.3 Å². The van der Waals surface area contributed by atoms with Gasteiger partial charge in [-0.1, -0.05) is 18.2 Å². The van der Waals surface area contributed by atoms with Gasteiger partial charge >= 0.3 is 0 Å². The Morgan fingerprint density at radius 3 is 2.88 bits per heavy atom. The van der Waals surface area contributed by atoms with Gasteiger partial charge in [-0.2, -0.15) is 5.10 Å². The second-order valence-electron chi connectivity index (χ2n) is 3.31. The summed E-state index contributed by atoms with van der Waals surface area (Å²) in [4.78, 5) is 8.19. The lowest BCUT2D eigenvalue weighted by atomic mass is 10.2. The Hall–Kier alpha value is -1.75. The standard InChI is InChI=1S/C11H7BrN4/c12-10-5-11(14-7-13-10)16-9-4-2-1-3-8(9)6-15-16/h1-7H. The summed E-state index contributed by atoms with van der Waals surface area (Å²) in [5.41, 5.74) is 1.04. The first-order valence-corrected chi connectivity index (χ1v) is 5.54. The van der Waals surface area contributed by atoms with E-state index in [-0.39, 0.29) is 0 Å². The van der Waals surface area contributed by atoms with Crippen LogP contribution in [-0.4, -0.2) is 19.7 Å². The highest BCUT2D eigenvalue weighted by Crippen LogP contribution is 2.17. The molecule has 0 radical (unpaired) electrons. The van der Waals surface area contributed by atoms with Crippen LogP contribution in [0, 0.1) is 0 Å². The van der Waals surface area contributed by atoms with Gasteiger partial charge in [-0.25, -0.2) is 14.6 Å². The molecule has 2 aromatic heterocycles.